The molecule has 0 heterocycles. The zero-order valence-corrected chi connectivity index (χ0v) is 23.7. The van der Waals surface area contributed by atoms with Gasteiger partial charge in [0.05, 0.1) is 20.5 Å². The zero-order chi connectivity index (χ0) is 28.3. The summed E-state index contributed by atoms with van der Waals surface area (Å²) in [5, 5.41) is 22.3. The summed E-state index contributed by atoms with van der Waals surface area (Å²) >= 11 is 12.7. The molecule has 2 atom stereocenters. The molecule has 0 saturated heterocycles. The summed E-state index contributed by atoms with van der Waals surface area (Å²) in [6, 6.07) is 13.7. The normalized spacial score (nSPS) is 13.9. The Morgan fingerprint density at radius 3 is 2.21 bits per heavy atom. The van der Waals surface area contributed by atoms with E-state index in [4.69, 9.17) is 23.2 Å². The van der Waals surface area contributed by atoms with Crippen molar-refractivity contribution in [2.45, 2.75) is 23.8 Å². The van der Waals surface area contributed by atoms with Crippen LogP contribution in [0.15, 0.2) is 65.6 Å². The van der Waals surface area contributed by atoms with Crippen LogP contribution in [-0.4, -0.2) is 55.6 Å². The number of aryl methyl sites for hydroxylation is 1. The number of carboxylic acids is 1. The molecule has 3 rings (SSSR count). The SMILES string of the molecule is CP(=O)(CCc1cc(Cl)c(C(=O)N[C@@H](Cc2cccc(S(C)(=O)=O)c2)C(=O)O)c(Cl)c1)c1cccc(O)c1. The van der Waals surface area contributed by atoms with Gasteiger partial charge in [0.2, 0.25) is 0 Å². The first-order valence-electron chi connectivity index (χ1n) is 11.3. The van der Waals surface area contributed by atoms with Gasteiger partial charge >= 0.3 is 5.97 Å². The number of hydrogen-bond acceptors (Lipinski definition) is 6. The molecule has 0 aliphatic rings. The molecule has 1 amide bonds. The summed E-state index contributed by atoms with van der Waals surface area (Å²) in [6.07, 6.45) is 1.47. The van der Waals surface area contributed by atoms with E-state index < -0.39 is 34.9 Å². The van der Waals surface area contributed by atoms with Gasteiger partial charge in [-0.1, -0.05) is 47.5 Å². The second kappa shape index (κ2) is 11.9. The van der Waals surface area contributed by atoms with Crippen LogP contribution in [0.2, 0.25) is 10.0 Å². The fourth-order valence-electron chi connectivity index (χ4n) is 3.81. The topological polar surface area (TPSA) is 138 Å². The molecule has 3 aromatic carbocycles. The Kier molecular flexibility index (Phi) is 9.31. The van der Waals surface area contributed by atoms with Gasteiger partial charge < -0.3 is 20.1 Å². The molecule has 0 radical (unpaired) electrons. The first-order chi connectivity index (χ1) is 17.7. The van der Waals surface area contributed by atoms with E-state index in [1.165, 1.54) is 42.5 Å². The minimum atomic E-state index is -3.49. The van der Waals surface area contributed by atoms with Crippen molar-refractivity contribution >= 4 is 57.4 Å². The van der Waals surface area contributed by atoms with Crippen molar-refractivity contribution in [3.63, 3.8) is 0 Å². The van der Waals surface area contributed by atoms with Crippen molar-refractivity contribution in [1.82, 2.24) is 5.32 Å². The molecule has 1 unspecified atom stereocenters. The molecule has 0 saturated carbocycles. The number of amides is 1. The van der Waals surface area contributed by atoms with Crippen LogP contribution in [0.4, 0.5) is 0 Å². The van der Waals surface area contributed by atoms with E-state index in [1.807, 2.05) is 0 Å². The molecule has 38 heavy (non-hydrogen) atoms. The van der Waals surface area contributed by atoms with Crippen LogP contribution in [0, 0.1) is 0 Å². The minimum Gasteiger partial charge on any atom is -0.508 e. The molecule has 3 N–H and O–H groups in total. The Morgan fingerprint density at radius 1 is 1.00 bits per heavy atom. The Morgan fingerprint density at radius 2 is 1.63 bits per heavy atom. The quantitative estimate of drug-likeness (QED) is 0.295. The predicted octanol–water partition coefficient (Wildman–Crippen LogP) is 4.39. The molecule has 202 valence electrons. The van der Waals surface area contributed by atoms with Gasteiger partial charge in [-0.15, -0.1) is 0 Å². The fraction of sp³-hybridized carbons (Fsp3) is 0.231. The van der Waals surface area contributed by atoms with E-state index in [-0.39, 0.29) is 38.8 Å². The van der Waals surface area contributed by atoms with Crippen molar-refractivity contribution in [3.8, 4) is 5.75 Å². The highest BCUT2D eigenvalue weighted by Crippen LogP contribution is 2.41. The standard InChI is InChI=1S/C26H26Cl2NO7PS/c1-37(34,19-7-4-6-18(30)15-19)10-9-17-12-21(27)24(22(28)13-17)25(31)29-23(26(32)33)14-16-5-3-8-20(11-16)38(2,35)36/h3-8,11-13,15,23,30H,9-10,14H2,1-2H3,(H,29,31)(H,32,33)/t23-,37?/m0/s1. The maximum absolute atomic E-state index is 13.2. The van der Waals surface area contributed by atoms with E-state index in [0.717, 1.165) is 6.26 Å². The number of halogens is 2. The van der Waals surface area contributed by atoms with E-state index in [9.17, 15) is 32.8 Å². The lowest BCUT2D eigenvalue weighted by Crippen LogP contribution is -2.42. The molecular weight excluding hydrogens is 572 g/mol. The lowest BCUT2D eigenvalue weighted by molar-refractivity contribution is -0.139. The smallest absolute Gasteiger partial charge is 0.326 e. The van der Waals surface area contributed by atoms with E-state index >= 15 is 0 Å². The summed E-state index contributed by atoms with van der Waals surface area (Å²) in [5.74, 6) is -2.11. The number of hydrogen-bond donors (Lipinski definition) is 3. The van der Waals surface area contributed by atoms with Gasteiger partial charge in [-0.3, -0.25) is 4.79 Å². The zero-order valence-electron chi connectivity index (χ0n) is 20.5. The first kappa shape index (κ1) is 29.7. The van der Waals surface area contributed by atoms with Crippen molar-refractivity contribution < 1.29 is 32.8 Å². The van der Waals surface area contributed by atoms with Gasteiger partial charge in [0, 0.05) is 24.1 Å². The molecule has 0 aliphatic carbocycles. The molecule has 3 aromatic rings. The molecular formula is C26H26Cl2NO7PS. The summed E-state index contributed by atoms with van der Waals surface area (Å²) in [4.78, 5) is 24.8. The number of carbonyl (C=O) groups is 2. The van der Waals surface area contributed by atoms with E-state index in [0.29, 0.717) is 22.9 Å². The second-order valence-corrected chi connectivity index (χ2v) is 15.0. The molecule has 0 fully saturated rings. The van der Waals surface area contributed by atoms with Crippen molar-refractivity contribution in [3.05, 3.63) is 87.4 Å². The monoisotopic (exact) mass is 597 g/mol. The third kappa shape index (κ3) is 7.60. The van der Waals surface area contributed by atoms with Crippen LogP contribution >= 0.6 is 30.3 Å². The highest BCUT2D eigenvalue weighted by molar-refractivity contribution is 7.90. The number of phenolic OH excluding ortho intramolecular Hbond substituents is 1. The highest BCUT2D eigenvalue weighted by atomic mass is 35.5. The van der Waals surface area contributed by atoms with Crippen molar-refractivity contribution in [2.24, 2.45) is 0 Å². The van der Waals surface area contributed by atoms with Crippen LogP contribution in [-0.2, 0) is 32.0 Å². The van der Waals surface area contributed by atoms with Crippen LogP contribution in [0.25, 0.3) is 0 Å². The lowest BCUT2D eigenvalue weighted by atomic mass is 10.0. The number of aliphatic carboxylic acids is 1. The maximum Gasteiger partial charge on any atom is 0.326 e. The van der Waals surface area contributed by atoms with Gasteiger partial charge in [-0.2, -0.15) is 0 Å². The van der Waals surface area contributed by atoms with Crippen LogP contribution in [0.1, 0.15) is 21.5 Å². The third-order valence-corrected chi connectivity index (χ3v) is 10.1. The summed E-state index contributed by atoms with van der Waals surface area (Å²) < 4.78 is 36.8. The number of benzene rings is 3. The molecule has 0 aliphatic heterocycles. The van der Waals surface area contributed by atoms with Gasteiger partial charge in [-0.25, -0.2) is 13.2 Å². The Labute approximate surface area is 230 Å². The number of carbonyl (C=O) groups excluding carboxylic acids is 1. The fourth-order valence-corrected chi connectivity index (χ4v) is 6.96. The minimum absolute atomic E-state index is 0.00324. The highest BCUT2D eigenvalue weighted by Gasteiger charge is 2.25. The number of phenols is 1. The second-order valence-electron chi connectivity index (χ2n) is 9.02. The van der Waals surface area contributed by atoms with Crippen LogP contribution in [0.5, 0.6) is 5.75 Å². The number of aromatic hydroxyl groups is 1. The van der Waals surface area contributed by atoms with Crippen molar-refractivity contribution in [2.75, 3.05) is 19.1 Å². The number of sulfone groups is 1. The summed E-state index contributed by atoms with van der Waals surface area (Å²) in [6.45, 7) is 1.62. The van der Waals surface area contributed by atoms with Crippen LogP contribution < -0.4 is 10.6 Å². The molecule has 0 aromatic heterocycles. The van der Waals surface area contributed by atoms with E-state index in [2.05, 4.69) is 5.32 Å². The van der Waals surface area contributed by atoms with E-state index in [1.54, 1.807) is 24.9 Å². The molecule has 12 heteroatoms. The van der Waals surface area contributed by atoms with Gasteiger partial charge in [0.1, 0.15) is 18.9 Å². The molecule has 8 nitrogen and oxygen atoms in total. The lowest BCUT2D eigenvalue weighted by Gasteiger charge is -2.17. The number of rotatable bonds is 10. The van der Waals surface area contributed by atoms with Crippen molar-refractivity contribution in [1.29, 1.82) is 0 Å². The first-order valence-corrected chi connectivity index (χ1v) is 16.3. The average molecular weight is 598 g/mol. The number of nitrogens with one attached hydrogen (secondary N) is 1. The van der Waals surface area contributed by atoms with Gasteiger partial charge in [-0.05, 0) is 60.6 Å². The van der Waals surface area contributed by atoms with Gasteiger partial charge in [0.25, 0.3) is 5.91 Å². The molecule has 0 spiro atoms. The summed E-state index contributed by atoms with van der Waals surface area (Å²) in [7, 11) is -6.30. The Hall–Kier alpha value is -2.84. The van der Waals surface area contributed by atoms with Gasteiger partial charge in [0.15, 0.2) is 9.84 Å². The Balaban J connectivity index is 1.76. The predicted molar refractivity (Wildman–Crippen MR) is 148 cm³/mol. The largest absolute Gasteiger partial charge is 0.508 e. The average Bonchev–Trinajstić information content (AvgIpc) is 2.81. The molecule has 0 bridgehead atoms. The summed E-state index contributed by atoms with van der Waals surface area (Å²) in [5.41, 5.74) is 0.927. The third-order valence-electron chi connectivity index (χ3n) is 5.90. The number of carboxylic acid groups (broad SMARTS) is 1. The maximum atomic E-state index is 13.2. The Bertz CT molecular complexity index is 1520. The van der Waals surface area contributed by atoms with Crippen LogP contribution in [0.3, 0.4) is 0 Å².